The second-order valence-corrected chi connectivity index (χ2v) is 32.8. The monoisotopic (exact) mass is 1490 g/mol. The molecule has 0 saturated carbocycles. The van der Waals surface area contributed by atoms with Gasteiger partial charge in [-0.15, -0.1) is 0 Å². The molecule has 0 fully saturated rings. The summed E-state index contributed by atoms with van der Waals surface area (Å²) >= 11 is 0. The van der Waals surface area contributed by atoms with E-state index in [1.165, 1.54) is 270 Å². The second kappa shape index (κ2) is 77.2. The van der Waals surface area contributed by atoms with Gasteiger partial charge < -0.3 is 33.8 Å². The van der Waals surface area contributed by atoms with Crippen molar-refractivity contribution in [1.29, 1.82) is 0 Å². The van der Waals surface area contributed by atoms with E-state index in [0.29, 0.717) is 25.7 Å². The molecule has 0 saturated heterocycles. The predicted octanol–water partition coefficient (Wildman–Crippen LogP) is 25.4. The third-order valence-corrected chi connectivity index (χ3v) is 21.5. The molecular weight excluding hydrogens is 1330 g/mol. The van der Waals surface area contributed by atoms with Crippen LogP contribution in [0.15, 0.2) is 0 Å². The highest BCUT2D eigenvalue weighted by atomic mass is 31.2. The van der Waals surface area contributed by atoms with E-state index in [1.54, 1.807) is 0 Å². The van der Waals surface area contributed by atoms with Crippen molar-refractivity contribution in [3.05, 3.63) is 0 Å². The predicted molar refractivity (Wildman–Crippen MR) is 419 cm³/mol. The van der Waals surface area contributed by atoms with Crippen LogP contribution in [0.1, 0.15) is 451 Å². The number of aliphatic hydroxyl groups is 1. The molecule has 0 radical (unpaired) electrons. The van der Waals surface area contributed by atoms with Gasteiger partial charge in [-0.25, -0.2) is 9.13 Å². The zero-order chi connectivity index (χ0) is 74.6. The van der Waals surface area contributed by atoms with Gasteiger partial charge >= 0.3 is 39.5 Å². The van der Waals surface area contributed by atoms with Crippen LogP contribution < -0.4 is 0 Å². The van der Waals surface area contributed by atoms with Crippen LogP contribution in [0.3, 0.4) is 0 Å². The zero-order valence-corrected chi connectivity index (χ0v) is 68.4. The van der Waals surface area contributed by atoms with E-state index in [0.717, 1.165) is 103 Å². The first-order valence-corrected chi connectivity index (χ1v) is 46.3. The van der Waals surface area contributed by atoms with E-state index in [9.17, 15) is 43.2 Å². The lowest BCUT2D eigenvalue weighted by Gasteiger charge is -2.21. The molecule has 0 rings (SSSR count). The molecule has 5 atom stereocenters. The second-order valence-electron chi connectivity index (χ2n) is 29.9. The van der Waals surface area contributed by atoms with Gasteiger partial charge in [-0.1, -0.05) is 400 Å². The van der Waals surface area contributed by atoms with Gasteiger partial charge in [0, 0.05) is 25.7 Å². The molecule has 0 aromatic heterocycles. The Labute approximate surface area is 626 Å². The van der Waals surface area contributed by atoms with Gasteiger partial charge in [-0.3, -0.25) is 37.3 Å². The van der Waals surface area contributed by atoms with Crippen LogP contribution in [0.25, 0.3) is 0 Å². The van der Waals surface area contributed by atoms with Gasteiger partial charge in [-0.05, 0) is 25.7 Å². The lowest BCUT2D eigenvalue weighted by atomic mass is 10.0. The fraction of sp³-hybridized carbons (Fsp3) is 0.952. The molecule has 0 amide bonds. The van der Waals surface area contributed by atoms with E-state index in [2.05, 4.69) is 27.7 Å². The third kappa shape index (κ3) is 76.3. The van der Waals surface area contributed by atoms with E-state index in [4.69, 9.17) is 37.0 Å². The largest absolute Gasteiger partial charge is 0.472 e. The summed E-state index contributed by atoms with van der Waals surface area (Å²) in [6.07, 6.45) is 71.3. The van der Waals surface area contributed by atoms with Crippen molar-refractivity contribution in [1.82, 2.24) is 0 Å². The summed E-state index contributed by atoms with van der Waals surface area (Å²) in [6.45, 7) is 4.97. The molecule has 606 valence electrons. The Morgan fingerprint density at radius 1 is 0.235 bits per heavy atom. The molecule has 0 aromatic carbocycles. The summed E-state index contributed by atoms with van der Waals surface area (Å²) in [5, 5.41) is 10.6. The summed E-state index contributed by atoms with van der Waals surface area (Å²) in [6, 6.07) is 0. The Bertz CT molecular complexity index is 1930. The zero-order valence-electron chi connectivity index (χ0n) is 66.6. The molecule has 0 aliphatic heterocycles. The van der Waals surface area contributed by atoms with Crippen LogP contribution in [0.5, 0.6) is 0 Å². The topological polar surface area (TPSA) is 237 Å². The maximum Gasteiger partial charge on any atom is 0.472 e. The highest BCUT2D eigenvalue weighted by Crippen LogP contribution is 2.45. The Balaban J connectivity index is 5.12. The molecule has 0 aliphatic rings. The summed E-state index contributed by atoms with van der Waals surface area (Å²) < 4.78 is 68.6. The number of esters is 4. The number of phosphoric acid groups is 2. The number of phosphoric ester groups is 2. The number of ether oxygens (including phenoxy) is 4. The Hall–Kier alpha value is -1.94. The van der Waals surface area contributed by atoms with Gasteiger partial charge in [0.15, 0.2) is 12.2 Å². The van der Waals surface area contributed by atoms with Crippen molar-refractivity contribution in [3.63, 3.8) is 0 Å². The van der Waals surface area contributed by atoms with Crippen molar-refractivity contribution in [2.45, 2.75) is 470 Å². The standard InChI is InChI=1S/C83H162O17P2/c1-5-9-13-17-21-24-27-29-31-33-35-37-39-41-43-45-47-50-52-56-60-64-68-81(86)94-74-79(100-83(88)70-66-62-58-54-51-48-46-44-42-40-38-36-34-32-30-28-25-22-18-14-10-6-2)76-98-102(91,92)96-72-77(84)71-95-101(89,90)97-75-78(73-93-80(85)67-63-59-55-20-16-12-8-4)99-82(87)69-65-61-57-53-49-26-23-19-15-11-7-3/h77-79,84H,5-76H2,1-4H3,(H,89,90)(H,91,92)/t77-,78+,79+/m0/s1. The minimum Gasteiger partial charge on any atom is -0.462 e. The van der Waals surface area contributed by atoms with Crippen molar-refractivity contribution in [2.24, 2.45) is 0 Å². The summed E-state index contributed by atoms with van der Waals surface area (Å²) in [5.74, 6) is -2.11. The van der Waals surface area contributed by atoms with Crippen LogP contribution in [-0.4, -0.2) is 96.7 Å². The van der Waals surface area contributed by atoms with Gasteiger partial charge in [-0.2, -0.15) is 0 Å². The average Bonchev–Trinajstić information content (AvgIpc) is 1.22. The number of carbonyl (C=O) groups excluding carboxylic acids is 4. The first kappa shape index (κ1) is 100. The fourth-order valence-corrected chi connectivity index (χ4v) is 14.6. The van der Waals surface area contributed by atoms with E-state index >= 15 is 0 Å². The van der Waals surface area contributed by atoms with Gasteiger partial charge in [0.2, 0.25) is 0 Å². The first-order valence-electron chi connectivity index (χ1n) is 43.3. The summed E-state index contributed by atoms with van der Waals surface area (Å²) in [5.41, 5.74) is 0. The molecule has 102 heavy (non-hydrogen) atoms. The highest BCUT2D eigenvalue weighted by Gasteiger charge is 2.30. The number of carbonyl (C=O) groups is 4. The molecular formula is C83H162O17P2. The van der Waals surface area contributed by atoms with E-state index < -0.39 is 97.5 Å². The van der Waals surface area contributed by atoms with Crippen LogP contribution in [0.2, 0.25) is 0 Å². The Kier molecular flexibility index (Phi) is 75.8. The molecule has 2 unspecified atom stereocenters. The number of rotatable bonds is 84. The SMILES string of the molecule is CCCCCCCCCCCCCCCCCCCCCCCCC(=O)OC[C@H](COP(=O)(O)OC[C@@H](O)COP(=O)(O)OC[C@@H](COC(=O)CCCCCCCCC)OC(=O)CCCCCCCCCCCCC)OC(=O)CCCCCCCCCCCCCCCCCCCCCCCC. The molecule has 17 nitrogen and oxygen atoms in total. The minimum atomic E-state index is -4.96. The molecule has 0 aromatic rings. The van der Waals surface area contributed by atoms with Crippen molar-refractivity contribution < 1.29 is 80.2 Å². The quantitative estimate of drug-likeness (QED) is 0.0222. The Morgan fingerprint density at radius 3 is 0.578 bits per heavy atom. The Morgan fingerprint density at radius 2 is 0.392 bits per heavy atom. The fourth-order valence-electron chi connectivity index (χ4n) is 13.0. The van der Waals surface area contributed by atoms with Gasteiger partial charge in [0.05, 0.1) is 26.4 Å². The van der Waals surface area contributed by atoms with Crippen LogP contribution in [-0.2, 0) is 65.4 Å². The maximum atomic E-state index is 13.1. The molecule has 0 bridgehead atoms. The van der Waals surface area contributed by atoms with Gasteiger partial charge in [0.25, 0.3) is 0 Å². The lowest BCUT2D eigenvalue weighted by molar-refractivity contribution is -0.161. The van der Waals surface area contributed by atoms with E-state index in [1.807, 2.05) is 0 Å². The van der Waals surface area contributed by atoms with Crippen molar-refractivity contribution in [3.8, 4) is 0 Å². The normalized spacial score (nSPS) is 13.8. The number of hydrogen-bond acceptors (Lipinski definition) is 15. The average molecular weight is 1490 g/mol. The summed E-state index contributed by atoms with van der Waals surface area (Å²) in [7, 11) is -9.91. The highest BCUT2D eigenvalue weighted by molar-refractivity contribution is 7.47. The summed E-state index contributed by atoms with van der Waals surface area (Å²) in [4.78, 5) is 72.8. The molecule has 19 heteroatoms. The van der Waals surface area contributed by atoms with Crippen LogP contribution >= 0.6 is 15.6 Å². The molecule has 0 spiro atoms. The molecule has 3 N–H and O–H groups in total. The smallest absolute Gasteiger partial charge is 0.462 e. The van der Waals surface area contributed by atoms with Crippen molar-refractivity contribution in [2.75, 3.05) is 39.6 Å². The minimum absolute atomic E-state index is 0.107. The third-order valence-electron chi connectivity index (χ3n) is 19.6. The molecule has 0 heterocycles. The maximum absolute atomic E-state index is 13.1. The van der Waals surface area contributed by atoms with Crippen LogP contribution in [0, 0.1) is 0 Å². The van der Waals surface area contributed by atoms with Crippen LogP contribution in [0.4, 0.5) is 0 Å². The van der Waals surface area contributed by atoms with Gasteiger partial charge in [0.1, 0.15) is 19.3 Å². The number of hydrogen-bond donors (Lipinski definition) is 3. The molecule has 0 aliphatic carbocycles. The first-order chi connectivity index (χ1) is 49.7. The van der Waals surface area contributed by atoms with E-state index in [-0.39, 0.29) is 25.7 Å². The number of aliphatic hydroxyl groups excluding tert-OH is 1. The van der Waals surface area contributed by atoms with Crippen molar-refractivity contribution >= 4 is 39.5 Å². The number of unbranched alkanes of at least 4 members (excludes halogenated alkanes) is 58. The lowest BCUT2D eigenvalue weighted by Crippen LogP contribution is -2.30.